The summed E-state index contributed by atoms with van der Waals surface area (Å²) in [5.41, 5.74) is 4.21. The summed E-state index contributed by atoms with van der Waals surface area (Å²) >= 11 is 0. The second-order valence-electron chi connectivity index (χ2n) is 8.39. The van der Waals surface area contributed by atoms with Gasteiger partial charge in [0.05, 0.1) is 0 Å². The summed E-state index contributed by atoms with van der Waals surface area (Å²) in [5.74, 6) is 0. The molecule has 0 saturated heterocycles. The first-order valence-electron chi connectivity index (χ1n) is 11.3. The molecule has 1 aromatic heterocycles. The smallest absolute Gasteiger partial charge is 0.0491 e. The lowest BCUT2D eigenvalue weighted by atomic mass is 10.0. The van der Waals surface area contributed by atoms with E-state index >= 15 is 0 Å². The van der Waals surface area contributed by atoms with Crippen molar-refractivity contribution in [3.63, 3.8) is 0 Å². The van der Waals surface area contributed by atoms with Gasteiger partial charge in [0.1, 0.15) is 0 Å². The van der Waals surface area contributed by atoms with Crippen LogP contribution in [-0.2, 0) is 13.0 Å². The average molecular weight is 392 g/mol. The first-order valence-corrected chi connectivity index (χ1v) is 11.3. The van der Waals surface area contributed by atoms with Crippen molar-refractivity contribution in [2.24, 2.45) is 0 Å². The van der Waals surface area contributed by atoms with E-state index in [4.69, 9.17) is 0 Å². The second kappa shape index (κ2) is 8.75. The molecule has 1 nitrogen and oxygen atoms in total. The molecule has 5 aromatic rings. The third-order valence-corrected chi connectivity index (χ3v) is 6.34. The topological polar surface area (TPSA) is 4.93 Å². The number of para-hydroxylation sites is 2. The van der Waals surface area contributed by atoms with Gasteiger partial charge in [0.2, 0.25) is 0 Å². The molecule has 0 fully saturated rings. The lowest BCUT2D eigenvalue weighted by Gasteiger charge is -2.08. The van der Waals surface area contributed by atoms with Crippen LogP contribution < -0.4 is 0 Å². The summed E-state index contributed by atoms with van der Waals surface area (Å²) in [4.78, 5) is 0. The summed E-state index contributed by atoms with van der Waals surface area (Å²) in [6, 6.07) is 33.2. The Balaban J connectivity index is 1.13. The highest BCUT2D eigenvalue weighted by atomic mass is 15.0. The maximum absolute atomic E-state index is 2.51. The second-order valence-corrected chi connectivity index (χ2v) is 8.39. The minimum absolute atomic E-state index is 1.11. The van der Waals surface area contributed by atoms with Crippen molar-refractivity contribution in [3.05, 3.63) is 96.6 Å². The third kappa shape index (κ3) is 3.85. The van der Waals surface area contributed by atoms with Gasteiger partial charge in [-0.3, -0.25) is 0 Å². The number of hydrogen-bond acceptors (Lipinski definition) is 0. The molecule has 1 heterocycles. The van der Waals surface area contributed by atoms with Gasteiger partial charge in [-0.2, -0.15) is 0 Å². The monoisotopic (exact) mass is 391 g/mol. The van der Waals surface area contributed by atoms with E-state index in [2.05, 4.69) is 95.6 Å². The SMILES string of the molecule is c1ccc2cc(CCCCCCCn3c4ccccc4c4ccccc43)ccc2c1. The van der Waals surface area contributed by atoms with Gasteiger partial charge in [-0.15, -0.1) is 0 Å². The third-order valence-electron chi connectivity index (χ3n) is 6.34. The van der Waals surface area contributed by atoms with Gasteiger partial charge in [0.15, 0.2) is 0 Å². The predicted molar refractivity (Wildman–Crippen MR) is 130 cm³/mol. The van der Waals surface area contributed by atoms with Crippen molar-refractivity contribution in [2.45, 2.75) is 45.1 Å². The Hall–Kier alpha value is -3.06. The van der Waals surface area contributed by atoms with Gasteiger partial charge in [-0.25, -0.2) is 0 Å². The van der Waals surface area contributed by atoms with Crippen LogP contribution in [0.25, 0.3) is 32.6 Å². The zero-order valence-electron chi connectivity index (χ0n) is 17.6. The van der Waals surface area contributed by atoms with Crippen LogP contribution in [0.1, 0.15) is 37.7 Å². The van der Waals surface area contributed by atoms with Gasteiger partial charge in [-0.05, 0) is 47.7 Å². The van der Waals surface area contributed by atoms with E-state index in [1.807, 2.05) is 0 Å². The van der Waals surface area contributed by atoms with E-state index in [9.17, 15) is 0 Å². The van der Waals surface area contributed by atoms with Gasteiger partial charge in [0.25, 0.3) is 0 Å². The molecule has 0 amide bonds. The largest absolute Gasteiger partial charge is 0.340 e. The number of aromatic nitrogens is 1. The number of rotatable bonds is 8. The Labute approximate surface area is 179 Å². The van der Waals surface area contributed by atoms with Gasteiger partial charge < -0.3 is 4.57 Å². The van der Waals surface area contributed by atoms with Crippen LogP contribution in [0.15, 0.2) is 91.0 Å². The molecule has 0 aliphatic carbocycles. The first-order chi connectivity index (χ1) is 14.9. The van der Waals surface area contributed by atoms with Crippen LogP contribution in [0.4, 0.5) is 0 Å². The maximum Gasteiger partial charge on any atom is 0.0491 e. The van der Waals surface area contributed by atoms with Crippen molar-refractivity contribution < 1.29 is 0 Å². The first kappa shape index (κ1) is 18.9. The van der Waals surface area contributed by atoms with Gasteiger partial charge in [-0.1, -0.05) is 98.1 Å². The van der Waals surface area contributed by atoms with Crippen LogP contribution in [0.2, 0.25) is 0 Å². The summed E-state index contributed by atoms with van der Waals surface area (Å²) < 4.78 is 2.51. The fourth-order valence-corrected chi connectivity index (χ4v) is 4.77. The molecular formula is C29H29N. The molecule has 1 heteroatoms. The van der Waals surface area contributed by atoms with Crippen molar-refractivity contribution in [3.8, 4) is 0 Å². The molecule has 5 rings (SSSR count). The fraction of sp³-hybridized carbons (Fsp3) is 0.241. The molecule has 0 radical (unpaired) electrons. The summed E-state index contributed by atoms with van der Waals surface area (Å²) in [6.07, 6.45) is 7.67. The lowest BCUT2D eigenvalue weighted by Crippen LogP contribution is -1.97. The van der Waals surface area contributed by atoms with E-state index in [-0.39, 0.29) is 0 Å². The Morgan fingerprint density at radius 2 is 1.10 bits per heavy atom. The Morgan fingerprint density at radius 3 is 1.87 bits per heavy atom. The number of hydrogen-bond donors (Lipinski definition) is 0. The lowest BCUT2D eigenvalue weighted by molar-refractivity contribution is 0.574. The summed E-state index contributed by atoms with van der Waals surface area (Å²) in [6.45, 7) is 1.11. The van der Waals surface area contributed by atoms with Gasteiger partial charge >= 0.3 is 0 Å². The van der Waals surface area contributed by atoms with Crippen molar-refractivity contribution >= 4 is 32.6 Å². The Bertz CT molecular complexity index is 1220. The fourth-order valence-electron chi connectivity index (χ4n) is 4.77. The highest BCUT2D eigenvalue weighted by Crippen LogP contribution is 2.29. The van der Waals surface area contributed by atoms with Crippen LogP contribution in [-0.4, -0.2) is 4.57 Å². The normalized spacial score (nSPS) is 11.6. The molecule has 0 spiro atoms. The molecule has 0 bridgehead atoms. The number of aryl methyl sites for hydroxylation is 2. The standard InChI is InChI=1S/C29H29N/c1(2-4-12-23-19-20-24-13-5-6-14-25(24)22-23)3-11-21-30-28-17-9-7-15-26(28)27-16-8-10-18-29(27)30/h5-10,13-20,22H,1-4,11-12,21H2. The van der Waals surface area contributed by atoms with E-state index in [1.54, 1.807) is 0 Å². The number of benzene rings is 4. The molecule has 0 aliphatic rings. The van der Waals surface area contributed by atoms with Crippen molar-refractivity contribution in [1.29, 1.82) is 0 Å². The Morgan fingerprint density at radius 1 is 0.500 bits per heavy atom. The summed E-state index contributed by atoms with van der Waals surface area (Å²) in [5, 5.41) is 5.46. The number of nitrogens with zero attached hydrogens (tertiary/aromatic N) is 1. The highest BCUT2D eigenvalue weighted by molar-refractivity contribution is 6.07. The molecule has 0 atom stereocenters. The summed E-state index contributed by atoms with van der Waals surface area (Å²) in [7, 11) is 0. The molecule has 0 unspecified atom stereocenters. The zero-order chi connectivity index (χ0) is 20.2. The molecule has 0 saturated carbocycles. The predicted octanol–water partition coefficient (Wildman–Crippen LogP) is 8.14. The van der Waals surface area contributed by atoms with Gasteiger partial charge in [0, 0.05) is 28.4 Å². The van der Waals surface area contributed by atoms with Crippen molar-refractivity contribution in [1.82, 2.24) is 4.57 Å². The number of fused-ring (bicyclic) bond motifs is 4. The molecule has 150 valence electrons. The van der Waals surface area contributed by atoms with E-state index in [0.717, 1.165) is 6.54 Å². The van der Waals surface area contributed by atoms with E-state index < -0.39 is 0 Å². The Kier molecular flexibility index (Phi) is 5.52. The maximum atomic E-state index is 2.51. The molecule has 4 aromatic carbocycles. The van der Waals surface area contributed by atoms with Crippen LogP contribution in [0.5, 0.6) is 0 Å². The highest BCUT2D eigenvalue weighted by Gasteiger charge is 2.08. The minimum Gasteiger partial charge on any atom is -0.340 e. The van der Waals surface area contributed by atoms with Crippen molar-refractivity contribution in [2.75, 3.05) is 0 Å². The van der Waals surface area contributed by atoms with E-state index in [0.29, 0.717) is 0 Å². The quantitative estimate of drug-likeness (QED) is 0.235. The number of unbranched alkanes of at least 4 members (excludes halogenated alkanes) is 4. The average Bonchev–Trinajstić information content (AvgIpc) is 3.12. The molecule has 0 aliphatic heterocycles. The van der Waals surface area contributed by atoms with E-state index in [1.165, 1.54) is 76.7 Å². The zero-order valence-corrected chi connectivity index (χ0v) is 17.6. The van der Waals surface area contributed by atoms with Crippen LogP contribution in [0.3, 0.4) is 0 Å². The van der Waals surface area contributed by atoms with Crippen LogP contribution >= 0.6 is 0 Å². The van der Waals surface area contributed by atoms with Crippen LogP contribution in [0, 0.1) is 0 Å². The minimum atomic E-state index is 1.11. The molecule has 0 N–H and O–H groups in total. The molecular weight excluding hydrogens is 362 g/mol. The molecule has 30 heavy (non-hydrogen) atoms.